The minimum Gasteiger partial charge on any atom is -0.384 e. The van der Waals surface area contributed by atoms with Crippen LogP contribution < -0.4 is 5.73 Å². The van der Waals surface area contributed by atoms with E-state index in [1.54, 1.807) is 6.20 Å². The largest absolute Gasteiger partial charge is 0.384 e. The molecule has 1 atom stereocenters. The maximum Gasteiger partial charge on any atom is 0.163 e. The highest BCUT2D eigenvalue weighted by atomic mass is 16.7. The molecule has 1 aliphatic heterocycles. The molecule has 5 heteroatoms. The summed E-state index contributed by atoms with van der Waals surface area (Å²) in [6.45, 7) is 4.43. The summed E-state index contributed by atoms with van der Waals surface area (Å²) in [4.78, 5) is 0. The highest BCUT2D eigenvalue weighted by Crippen LogP contribution is 2.34. The first kappa shape index (κ1) is 12.2. The monoisotopic (exact) mass is 259 g/mol. The van der Waals surface area contributed by atoms with Crippen LogP contribution in [0.15, 0.2) is 30.5 Å². The zero-order valence-corrected chi connectivity index (χ0v) is 11.0. The van der Waals surface area contributed by atoms with Crippen LogP contribution in [0.5, 0.6) is 0 Å². The van der Waals surface area contributed by atoms with E-state index < -0.39 is 5.79 Å². The third-order valence-corrected chi connectivity index (χ3v) is 3.27. The maximum atomic E-state index is 5.82. The molecule has 0 amide bonds. The summed E-state index contributed by atoms with van der Waals surface area (Å²) < 4.78 is 11.4. The zero-order chi connectivity index (χ0) is 13.5. The van der Waals surface area contributed by atoms with Gasteiger partial charge in [0.05, 0.1) is 12.8 Å². The number of hydrogen-bond donors (Lipinski definition) is 2. The molecule has 1 aromatic carbocycles. The molecule has 19 heavy (non-hydrogen) atoms. The van der Waals surface area contributed by atoms with Crippen LogP contribution in [0.2, 0.25) is 0 Å². The average Bonchev–Trinajstić information content (AvgIpc) is 2.95. The third-order valence-electron chi connectivity index (χ3n) is 3.27. The zero-order valence-electron chi connectivity index (χ0n) is 11.0. The topological polar surface area (TPSA) is 73.2 Å². The number of aromatic amines is 1. The SMILES string of the molecule is CC1(C)OCC(c2ccc(-c3cn[nH]c3N)cc2)O1. The van der Waals surface area contributed by atoms with Gasteiger partial charge in [0, 0.05) is 5.56 Å². The van der Waals surface area contributed by atoms with Crippen molar-refractivity contribution in [3.63, 3.8) is 0 Å². The van der Waals surface area contributed by atoms with Crippen LogP contribution in [0.4, 0.5) is 5.82 Å². The summed E-state index contributed by atoms with van der Waals surface area (Å²) in [6, 6.07) is 8.12. The molecule has 1 fully saturated rings. The standard InChI is InChI=1S/C14H17N3O2/c1-14(2)18-8-12(19-14)10-5-3-9(4-6-10)11-7-16-17-13(11)15/h3-7,12H,8H2,1-2H3,(H3,15,16,17). The number of nitrogen functional groups attached to an aromatic ring is 1. The Balaban J connectivity index is 1.82. The first-order valence-corrected chi connectivity index (χ1v) is 6.26. The number of nitrogens with two attached hydrogens (primary N) is 1. The summed E-state index contributed by atoms with van der Waals surface area (Å²) in [5.41, 5.74) is 8.86. The Bertz CT molecular complexity index is 575. The Morgan fingerprint density at radius 2 is 2.05 bits per heavy atom. The normalized spacial score (nSPS) is 21.7. The summed E-state index contributed by atoms with van der Waals surface area (Å²) in [7, 11) is 0. The van der Waals surface area contributed by atoms with E-state index in [2.05, 4.69) is 10.2 Å². The molecular weight excluding hydrogens is 242 g/mol. The van der Waals surface area contributed by atoms with Gasteiger partial charge in [-0.1, -0.05) is 24.3 Å². The molecule has 1 saturated heterocycles. The van der Waals surface area contributed by atoms with Crippen LogP contribution in [-0.2, 0) is 9.47 Å². The molecule has 100 valence electrons. The fourth-order valence-electron chi connectivity index (χ4n) is 2.25. The van der Waals surface area contributed by atoms with Crippen LogP contribution in [0.1, 0.15) is 25.5 Å². The Labute approximate surface area is 111 Å². The number of nitrogens with zero attached hydrogens (tertiary/aromatic N) is 1. The van der Waals surface area contributed by atoms with Gasteiger partial charge < -0.3 is 15.2 Å². The van der Waals surface area contributed by atoms with Crippen molar-refractivity contribution in [2.24, 2.45) is 0 Å². The van der Waals surface area contributed by atoms with E-state index in [4.69, 9.17) is 15.2 Å². The molecule has 1 aromatic heterocycles. The highest BCUT2D eigenvalue weighted by Gasteiger charge is 2.33. The van der Waals surface area contributed by atoms with Gasteiger partial charge >= 0.3 is 0 Å². The first-order chi connectivity index (χ1) is 9.05. The Morgan fingerprint density at radius 3 is 2.58 bits per heavy atom. The van der Waals surface area contributed by atoms with Crippen LogP contribution in [0.3, 0.4) is 0 Å². The number of H-pyrrole nitrogens is 1. The highest BCUT2D eigenvalue weighted by molar-refractivity contribution is 5.73. The number of nitrogens with one attached hydrogen (secondary N) is 1. The molecule has 3 N–H and O–H groups in total. The van der Waals surface area contributed by atoms with Crippen LogP contribution in [0, 0.1) is 0 Å². The molecule has 2 aromatic rings. The molecule has 0 saturated carbocycles. The predicted octanol–water partition coefficient (Wildman–Crippen LogP) is 2.48. The van der Waals surface area contributed by atoms with E-state index in [0.29, 0.717) is 12.4 Å². The second-order valence-corrected chi connectivity index (χ2v) is 5.14. The lowest BCUT2D eigenvalue weighted by Crippen LogP contribution is -2.19. The molecule has 2 heterocycles. The van der Waals surface area contributed by atoms with Gasteiger partial charge in [0.15, 0.2) is 5.79 Å². The lowest BCUT2D eigenvalue weighted by Gasteiger charge is -2.17. The molecule has 5 nitrogen and oxygen atoms in total. The minimum atomic E-state index is -0.502. The van der Waals surface area contributed by atoms with Crippen molar-refractivity contribution in [3.8, 4) is 11.1 Å². The van der Waals surface area contributed by atoms with Gasteiger partial charge in [-0.05, 0) is 25.0 Å². The van der Waals surface area contributed by atoms with Crippen molar-refractivity contribution in [2.45, 2.75) is 25.7 Å². The van der Waals surface area contributed by atoms with Gasteiger partial charge in [-0.15, -0.1) is 0 Å². The number of hydrogen-bond acceptors (Lipinski definition) is 4. The van der Waals surface area contributed by atoms with E-state index in [0.717, 1.165) is 16.7 Å². The van der Waals surface area contributed by atoms with Gasteiger partial charge in [-0.2, -0.15) is 5.10 Å². The number of aromatic nitrogens is 2. The van der Waals surface area contributed by atoms with Crippen LogP contribution in [0.25, 0.3) is 11.1 Å². The molecule has 0 aliphatic carbocycles. The third kappa shape index (κ3) is 2.34. The minimum absolute atomic E-state index is 0.00857. The lowest BCUT2D eigenvalue weighted by atomic mass is 10.0. The number of benzene rings is 1. The molecule has 1 unspecified atom stereocenters. The molecule has 0 spiro atoms. The fourth-order valence-corrected chi connectivity index (χ4v) is 2.25. The molecule has 1 aliphatic rings. The maximum absolute atomic E-state index is 5.82. The Kier molecular flexibility index (Phi) is 2.80. The Hall–Kier alpha value is -1.85. The quantitative estimate of drug-likeness (QED) is 0.869. The van der Waals surface area contributed by atoms with Crippen molar-refractivity contribution in [2.75, 3.05) is 12.3 Å². The number of rotatable bonds is 2. The van der Waals surface area contributed by atoms with E-state index in [1.807, 2.05) is 38.1 Å². The molecule has 0 radical (unpaired) electrons. The molecule has 3 rings (SSSR count). The predicted molar refractivity (Wildman–Crippen MR) is 72.3 cm³/mol. The lowest BCUT2D eigenvalue weighted by molar-refractivity contribution is -0.139. The van der Waals surface area contributed by atoms with Gasteiger partial charge in [0.2, 0.25) is 0 Å². The summed E-state index contributed by atoms with van der Waals surface area (Å²) >= 11 is 0. The fraction of sp³-hybridized carbons (Fsp3) is 0.357. The van der Waals surface area contributed by atoms with Crippen molar-refractivity contribution in [1.29, 1.82) is 0 Å². The van der Waals surface area contributed by atoms with E-state index >= 15 is 0 Å². The summed E-state index contributed by atoms with van der Waals surface area (Å²) in [6.07, 6.45) is 1.72. The van der Waals surface area contributed by atoms with Gasteiger partial charge in [0.1, 0.15) is 11.9 Å². The number of ether oxygens (including phenoxy) is 2. The summed E-state index contributed by atoms with van der Waals surface area (Å²) in [5.74, 6) is 0.0764. The van der Waals surface area contributed by atoms with Gasteiger partial charge in [-0.25, -0.2) is 0 Å². The molecular formula is C14H17N3O2. The Morgan fingerprint density at radius 1 is 1.32 bits per heavy atom. The second kappa shape index (κ2) is 4.36. The smallest absolute Gasteiger partial charge is 0.163 e. The van der Waals surface area contributed by atoms with Crippen LogP contribution >= 0.6 is 0 Å². The second-order valence-electron chi connectivity index (χ2n) is 5.14. The van der Waals surface area contributed by atoms with E-state index in [-0.39, 0.29) is 6.10 Å². The van der Waals surface area contributed by atoms with Crippen molar-refractivity contribution >= 4 is 5.82 Å². The van der Waals surface area contributed by atoms with Gasteiger partial charge in [-0.3, -0.25) is 5.10 Å². The number of anilines is 1. The van der Waals surface area contributed by atoms with Crippen molar-refractivity contribution in [1.82, 2.24) is 10.2 Å². The van der Waals surface area contributed by atoms with Gasteiger partial charge in [0.25, 0.3) is 0 Å². The van der Waals surface area contributed by atoms with Crippen LogP contribution in [-0.4, -0.2) is 22.6 Å². The molecule has 0 bridgehead atoms. The van der Waals surface area contributed by atoms with E-state index in [9.17, 15) is 0 Å². The van der Waals surface area contributed by atoms with Crippen molar-refractivity contribution < 1.29 is 9.47 Å². The van der Waals surface area contributed by atoms with Crippen molar-refractivity contribution in [3.05, 3.63) is 36.0 Å². The average molecular weight is 259 g/mol. The summed E-state index contributed by atoms with van der Waals surface area (Å²) in [5, 5.41) is 6.65. The van der Waals surface area contributed by atoms with E-state index in [1.165, 1.54) is 0 Å². The first-order valence-electron chi connectivity index (χ1n) is 6.26.